The average Bonchev–Trinajstić information content (AvgIpc) is 2.45. The smallest absolute Gasteiger partial charge is 0.0744 e. The highest BCUT2D eigenvalue weighted by atomic mass is 79.9. The number of halogens is 1. The highest BCUT2D eigenvalue weighted by Crippen LogP contribution is 2.32. The maximum absolute atomic E-state index is 5.32. The van der Waals surface area contributed by atoms with Crippen molar-refractivity contribution >= 4 is 21.6 Å². The maximum Gasteiger partial charge on any atom is 0.0744 e. The molecule has 1 saturated carbocycles. The number of anilines is 1. The topological polar surface area (TPSA) is 21.3 Å². The molecule has 1 aromatic carbocycles. The number of hydrogen-bond acceptors (Lipinski definition) is 2. The van der Waals surface area contributed by atoms with E-state index in [4.69, 9.17) is 4.74 Å². The molecular weight excluding hydrogens is 314 g/mol. The van der Waals surface area contributed by atoms with Gasteiger partial charge in [0, 0.05) is 28.9 Å². The fraction of sp³-hybridized carbons (Fsp3) is 0.647. The molecule has 0 amide bonds. The Kier molecular flexibility index (Phi) is 6.37. The molecule has 1 N–H and O–H groups in total. The zero-order valence-corrected chi connectivity index (χ0v) is 14.2. The second-order valence-corrected chi connectivity index (χ2v) is 6.70. The van der Waals surface area contributed by atoms with Crippen LogP contribution >= 0.6 is 15.9 Å². The highest BCUT2D eigenvalue weighted by Gasteiger charge is 2.21. The van der Waals surface area contributed by atoms with E-state index < -0.39 is 0 Å². The van der Waals surface area contributed by atoms with E-state index in [0.717, 1.165) is 10.4 Å². The number of benzene rings is 1. The molecule has 3 heteroatoms. The predicted octanol–water partition coefficient (Wildman–Crippen LogP) is 5.37. The molecule has 1 aliphatic carbocycles. The van der Waals surface area contributed by atoms with Crippen molar-refractivity contribution in [3.63, 3.8) is 0 Å². The van der Waals surface area contributed by atoms with E-state index in [1.165, 1.54) is 49.8 Å². The van der Waals surface area contributed by atoms with Crippen molar-refractivity contribution in [2.75, 3.05) is 12.4 Å². The summed E-state index contributed by atoms with van der Waals surface area (Å²) in [6, 6.07) is 6.96. The molecular formula is C17H26BrNO. The van der Waals surface area contributed by atoms with Crippen LogP contribution in [-0.2, 0) is 11.3 Å². The Balaban J connectivity index is 1.95. The molecule has 0 aliphatic heterocycles. The summed E-state index contributed by atoms with van der Waals surface area (Å²) < 4.78 is 6.45. The molecule has 112 valence electrons. The lowest BCUT2D eigenvalue weighted by atomic mass is 9.83. The van der Waals surface area contributed by atoms with Crippen LogP contribution in [0.1, 0.15) is 51.0 Å². The van der Waals surface area contributed by atoms with Gasteiger partial charge in [0.25, 0.3) is 0 Å². The summed E-state index contributed by atoms with van der Waals surface area (Å²) in [7, 11) is 1.75. The minimum absolute atomic E-state index is 0.619. The maximum atomic E-state index is 5.32. The minimum atomic E-state index is 0.619. The highest BCUT2D eigenvalue weighted by molar-refractivity contribution is 9.10. The van der Waals surface area contributed by atoms with Crippen LogP contribution in [0.25, 0.3) is 0 Å². The lowest BCUT2D eigenvalue weighted by Gasteiger charge is -2.30. The molecule has 2 rings (SSSR count). The SMILES string of the molecule is CCCC1CCC(Nc2cccc(Br)c2COC)CC1. The van der Waals surface area contributed by atoms with Crippen LogP contribution in [-0.4, -0.2) is 13.2 Å². The standard InChI is InChI=1S/C17H26BrNO/c1-3-5-13-8-10-14(11-9-13)19-17-7-4-6-16(18)15(17)12-20-2/h4,6-7,13-14,19H,3,5,8-12H2,1-2H3. The van der Waals surface area contributed by atoms with Crippen LogP contribution in [0.2, 0.25) is 0 Å². The number of hydrogen-bond donors (Lipinski definition) is 1. The monoisotopic (exact) mass is 339 g/mol. The van der Waals surface area contributed by atoms with Gasteiger partial charge in [0.1, 0.15) is 0 Å². The molecule has 20 heavy (non-hydrogen) atoms. The van der Waals surface area contributed by atoms with Gasteiger partial charge < -0.3 is 10.1 Å². The summed E-state index contributed by atoms with van der Waals surface area (Å²) >= 11 is 3.62. The number of methoxy groups -OCH3 is 1. The van der Waals surface area contributed by atoms with E-state index in [9.17, 15) is 0 Å². The first kappa shape index (κ1) is 15.8. The number of nitrogens with one attached hydrogen (secondary N) is 1. The van der Waals surface area contributed by atoms with Crippen LogP contribution < -0.4 is 5.32 Å². The van der Waals surface area contributed by atoms with Crippen LogP contribution in [0.15, 0.2) is 22.7 Å². The molecule has 0 saturated heterocycles. The van der Waals surface area contributed by atoms with Gasteiger partial charge in [-0.1, -0.05) is 41.8 Å². The van der Waals surface area contributed by atoms with Crippen molar-refractivity contribution in [3.05, 3.63) is 28.2 Å². The van der Waals surface area contributed by atoms with Crippen molar-refractivity contribution in [1.82, 2.24) is 0 Å². The fourth-order valence-electron chi connectivity index (χ4n) is 3.21. The summed E-state index contributed by atoms with van der Waals surface area (Å²) in [5, 5.41) is 3.73. The molecule has 0 aromatic heterocycles. The average molecular weight is 340 g/mol. The van der Waals surface area contributed by atoms with Gasteiger partial charge in [-0.25, -0.2) is 0 Å². The van der Waals surface area contributed by atoms with Gasteiger partial charge in [-0.05, 0) is 43.7 Å². The summed E-state index contributed by atoms with van der Waals surface area (Å²) in [6.07, 6.45) is 8.07. The Hall–Kier alpha value is -0.540. The van der Waals surface area contributed by atoms with Crippen molar-refractivity contribution in [2.24, 2.45) is 5.92 Å². The molecule has 0 radical (unpaired) electrons. The second kappa shape index (κ2) is 8.04. The molecule has 0 spiro atoms. The summed E-state index contributed by atoms with van der Waals surface area (Å²) in [4.78, 5) is 0. The molecule has 1 aliphatic rings. The first-order chi connectivity index (χ1) is 9.74. The number of rotatable bonds is 6. The van der Waals surface area contributed by atoms with E-state index in [1.807, 2.05) is 0 Å². The first-order valence-corrected chi connectivity index (χ1v) is 8.56. The van der Waals surface area contributed by atoms with Gasteiger partial charge in [-0.3, -0.25) is 0 Å². The fourth-order valence-corrected chi connectivity index (χ4v) is 3.69. The van der Waals surface area contributed by atoms with Crippen LogP contribution in [0, 0.1) is 5.92 Å². The minimum Gasteiger partial charge on any atom is -0.382 e. The Bertz CT molecular complexity index is 413. The third-order valence-corrected chi connectivity index (χ3v) is 5.05. The summed E-state index contributed by atoms with van der Waals surface area (Å²) in [6.45, 7) is 2.94. The van der Waals surface area contributed by atoms with E-state index in [2.05, 4.69) is 46.4 Å². The molecule has 0 heterocycles. The molecule has 0 unspecified atom stereocenters. The van der Waals surface area contributed by atoms with E-state index in [0.29, 0.717) is 12.6 Å². The third-order valence-electron chi connectivity index (χ3n) is 4.31. The van der Waals surface area contributed by atoms with Crippen molar-refractivity contribution in [3.8, 4) is 0 Å². The van der Waals surface area contributed by atoms with Gasteiger partial charge in [-0.2, -0.15) is 0 Å². The third kappa shape index (κ3) is 4.23. The second-order valence-electron chi connectivity index (χ2n) is 5.85. The molecule has 0 atom stereocenters. The molecule has 2 nitrogen and oxygen atoms in total. The number of ether oxygens (including phenoxy) is 1. The van der Waals surface area contributed by atoms with Crippen LogP contribution in [0.5, 0.6) is 0 Å². The van der Waals surface area contributed by atoms with Gasteiger partial charge in [0.05, 0.1) is 6.61 Å². The van der Waals surface area contributed by atoms with E-state index in [1.54, 1.807) is 7.11 Å². The Morgan fingerprint density at radius 2 is 2.00 bits per heavy atom. The Labute approximate surface area is 131 Å². The van der Waals surface area contributed by atoms with Crippen molar-refractivity contribution in [1.29, 1.82) is 0 Å². The zero-order valence-electron chi connectivity index (χ0n) is 12.6. The summed E-state index contributed by atoms with van der Waals surface area (Å²) in [5.74, 6) is 0.957. The lowest BCUT2D eigenvalue weighted by molar-refractivity contribution is 0.184. The Morgan fingerprint density at radius 1 is 1.25 bits per heavy atom. The van der Waals surface area contributed by atoms with Gasteiger partial charge in [-0.15, -0.1) is 0 Å². The molecule has 1 aromatic rings. The normalized spacial score (nSPS) is 22.8. The lowest BCUT2D eigenvalue weighted by Crippen LogP contribution is -2.26. The van der Waals surface area contributed by atoms with Gasteiger partial charge >= 0.3 is 0 Å². The van der Waals surface area contributed by atoms with Crippen molar-refractivity contribution in [2.45, 2.75) is 58.1 Å². The zero-order chi connectivity index (χ0) is 14.4. The van der Waals surface area contributed by atoms with Gasteiger partial charge in [0.15, 0.2) is 0 Å². The van der Waals surface area contributed by atoms with E-state index >= 15 is 0 Å². The Morgan fingerprint density at radius 3 is 2.65 bits per heavy atom. The van der Waals surface area contributed by atoms with Gasteiger partial charge in [0.2, 0.25) is 0 Å². The molecule has 0 bridgehead atoms. The largest absolute Gasteiger partial charge is 0.382 e. The van der Waals surface area contributed by atoms with E-state index in [-0.39, 0.29) is 0 Å². The summed E-state index contributed by atoms with van der Waals surface area (Å²) in [5.41, 5.74) is 2.45. The van der Waals surface area contributed by atoms with Crippen LogP contribution in [0.3, 0.4) is 0 Å². The first-order valence-electron chi connectivity index (χ1n) is 7.77. The molecule has 1 fully saturated rings. The van der Waals surface area contributed by atoms with Crippen LogP contribution in [0.4, 0.5) is 5.69 Å². The predicted molar refractivity (Wildman–Crippen MR) is 89.1 cm³/mol. The quantitative estimate of drug-likeness (QED) is 0.752. The van der Waals surface area contributed by atoms with Crippen molar-refractivity contribution < 1.29 is 4.74 Å².